The van der Waals surface area contributed by atoms with Gasteiger partial charge in [-0.05, 0) is 48.4 Å². The zero-order valence-corrected chi connectivity index (χ0v) is 13.8. The Morgan fingerprint density at radius 1 is 1.22 bits per heavy atom. The lowest BCUT2D eigenvalue weighted by molar-refractivity contribution is 0.417. The van der Waals surface area contributed by atoms with Gasteiger partial charge in [-0.25, -0.2) is 9.37 Å². The summed E-state index contributed by atoms with van der Waals surface area (Å²) < 4.78 is 18.5. The molecule has 118 valence electrons. The van der Waals surface area contributed by atoms with Gasteiger partial charge in [0.1, 0.15) is 11.6 Å². The van der Waals surface area contributed by atoms with E-state index in [2.05, 4.69) is 4.98 Å². The van der Waals surface area contributed by atoms with Crippen LogP contribution in [0.5, 0.6) is 5.75 Å². The summed E-state index contributed by atoms with van der Waals surface area (Å²) in [5.41, 5.74) is 10.1. The third-order valence-corrected chi connectivity index (χ3v) is 4.50. The lowest BCUT2D eigenvalue weighted by Gasteiger charge is -2.06. The second-order valence-corrected chi connectivity index (χ2v) is 6.29. The summed E-state index contributed by atoms with van der Waals surface area (Å²) in [7, 11) is 1.60. The van der Waals surface area contributed by atoms with Gasteiger partial charge in [-0.1, -0.05) is 6.07 Å². The molecule has 0 aliphatic carbocycles. The van der Waals surface area contributed by atoms with Crippen LogP contribution in [0.3, 0.4) is 0 Å². The number of rotatable bonds is 4. The Morgan fingerprint density at radius 3 is 2.74 bits per heavy atom. The maximum absolute atomic E-state index is 13.4. The minimum absolute atomic E-state index is 0.196. The van der Waals surface area contributed by atoms with Crippen molar-refractivity contribution in [1.82, 2.24) is 4.98 Å². The highest BCUT2D eigenvalue weighted by molar-refractivity contribution is 7.10. The van der Waals surface area contributed by atoms with E-state index in [4.69, 9.17) is 10.5 Å². The summed E-state index contributed by atoms with van der Waals surface area (Å²) in [6, 6.07) is 10.8. The summed E-state index contributed by atoms with van der Waals surface area (Å²) in [4.78, 5) is 4.64. The molecule has 0 unspecified atom stereocenters. The number of ether oxygens (including phenoxy) is 1. The molecule has 1 aromatic heterocycles. The Hall–Kier alpha value is -2.40. The number of nitrogens with zero attached hydrogens (tertiary/aromatic N) is 1. The number of thiazole rings is 1. The lowest BCUT2D eigenvalue weighted by Crippen LogP contribution is -1.95. The Kier molecular flexibility index (Phi) is 4.30. The molecule has 2 aromatic carbocycles. The molecule has 2 N–H and O–H groups in total. The van der Waals surface area contributed by atoms with E-state index in [-0.39, 0.29) is 5.82 Å². The Bertz CT molecular complexity index is 845. The first kappa shape index (κ1) is 15.5. The van der Waals surface area contributed by atoms with Crippen molar-refractivity contribution in [1.29, 1.82) is 0 Å². The maximum atomic E-state index is 13.4. The molecule has 0 aliphatic heterocycles. The van der Waals surface area contributed by atoms with Crippen molar-refractivity contribution in [2.24, 2.45) is 0 Å². The number of halogens is 1. The van der Waals surface area contributed by atoms with Crippen LogP contribution in [0.15, 0.2) is 41.8 Å². The van der Waals surface area contributed by atoms with Crippen LogP contribution in [-0.4, -0.2) is 12.1 Å². The van der Waals surface area contributed by atoms with Crippen molar-refractivity contribution in [3.63, 3.8) is 0 Å². The number of nitrogen functional groups attached to an aromatic ring is 1. The second kappa shape index (κ2) is 6.38. The first-order valence-electron chi connectivity index (χ1n) is 7.20. The third-order valence-electron chi connectivity index (χ3n) is 3.65. The normalized spacial score (nSPS) is 10.7. The van der Waals surface area contributed by atoms with Crippen molar-refractivity contribution in [3.05, 3.63) is 63.7 Å². The molecular formula is C18H17FN2OS. The largest absolute Gasteiger partial charge is 0.495 e. The highest BCUT2D eigenvalue weighted by Crippen LogP contribution is 2.27. The number of aryl methyl sites for hydroxylation is 1. The van der Waals surface area contributed by atoms with Crippen LogP contribution in [0.25, 0.3) is 11.3 Å². The quantitative estimate of drug-likeness (QED) is 0.720. The molecule has 0 radical (unpaired) electrons. The van der Waals surface area contributed by atoms with Crippen molar-refractivity contribution < 1.29 is 9.13 Å². The fourth-order valence-electron chi connectivity index (χ4n) is 2.40. The summed E-state index contributed by atoms with van der Waals surface area (Å²) in [6.07, 6.45) is 0.707. The van der Waals surface area contributed by atoms with E-state index in [1.165, 1.54) is 6.07 Å². The topological polar surface area (TPSA) is 48.1 Å². The molecule has 0 saturated carbocycles. The van der Waals surface area contributed by atoms with Crippen LogP contribution < -0.4 is 10.5 Å². The van der Waals surface area contributed by atoms with Gasteiger partial charge in [0.15, 0.2) is 0 Å². The van der Waals surface area contributed by atoms with E-state index in [1.807, 2.05) is 29.6 Å². The smallest absolute Gasteiger partial charge is 0.141 e. The van der Waals surface area contributed by atoms with Gasteiger partial charge >= 0.3 is 0 Å². The average molecular weight is 328 g/mol. The number of hydrogen-bond acceptors (Lipinski definition) is 4. The first-order valence-corrected chi connectivity index (χ1v) is 8.08. The second-order valence-electron chi connectivity index (χ2n) is 5.34. The number of anilines is 1. The number of benzene rings is 2. The van der Waals surface area contributed by atoms with Gasteiger partial charge in [-0.2, -0.15) is 0 Å². The lowest BCUT2D eigenvalue weighted by atomic mass is 10.1. The Morgan fingerprint density at radius 2 is 2.04 bits per heavy atom. The van der Waals surface area contributed by atoms with Gasteiger partial charge < -0.3 is 10.5 Å². The molecule has 0 spiro atoms. The van der Waals surface area contributed by atoms with E-state index in [0.717, 1.165) is 21.8 Å². The third kappa shape index (κ3) is 3.35. The molecule has 5 heteroatoms. The van der Waals surface area contributed by atoms with Crippen LogP contribution in [-0.2, 0) is 6.42 Å². The number of nitrogens with two attached hydrogens (primary N) is 1. The molecule has 0 amide bonds. The molecule has 1 heterocycles. The predicted octanol–water partition coefficient (Wildman–Crippen LogP) is 4.44. The fraction of sp³-hybridized carbons (Fsp3) is 0.167. The molecule has 0 bridgehead atoms. The van der Waals surface area contributed by atoms with E-state index < -0.39 is 0 Å². The highest BCUT2D eigenvalue weighted by Gasteiger charge is 2.08. The fourth-order valence-corrected chi connectivity index (χ4v) is 3.23. The standard InChI is InChI=1S/C18H17FN2OS/c1-11-7-13(4-5-14(11)19)16-10-23-18(21-16)9-12-3-6-17(22-2)15(20)8-12/h3-8,10H,9,20H2,1-2H3. The van der Waals surface area contributed by atoms with Gasteiger partial charge in [-0.15, -0.1) is 11.3 Å². The van der Waals surface area contributed by atoms with Crippen molar-refractivity contribution >= 4 is 17.0 Å². The van der Waals surface area contributed by atoms with E-state index in [9.17, 15) is 4.39 Å². The van der Waals surface area contributed by atoms with Gasteiger partial charge in [0.05, 0.1) is 23.5 Å². The number of hydrogen-bond donors (Lipinski definition) is 1. The van der Waals surface area contributed by atoms with E-state index in [0.29, 0.717) is 23.4 Å². The van der Waals surface area contributed by atoms with Crippen LogP contribution in [0.4, 0.5) is 10.1 Å². The average Bonchev–Trinajstić information content (AvgIpc) is 2.99. The number of methoxy groups -OCH3 is 1. The number of aromatic nitrogens is 1. The maximum Gasteiger partial charge on any atom is 0.141 e. The molecule has 3 nitrogen and oxygen atoms in total. The molecule has 23 heavy (non-hydrogen) atoms. The van der Waals surface area contributed by atoms with Gasteiger partial charge in [0.2, 0.25) is 0 Å². The van der Waals surface area contributed by atoms with Crippen molar-refractivity contribution in [2.45, 2.75) is 13.3 Å². The van der Waals surface area contributed by atoms with Crippen LogP contribution in [0.2, 0.25) is 0 Å². The minimum Gasteiger partial charge on any atom is -0.495 e. The molecule has 0 saturated heterocycles. The molecule has 0 fully saturated rings. The summed E-state index contributed by atoms with van der Waals surface area (Å²) in [5.74, 6) is 0.480. The van der Waals surface area contributed by atoms with Crippen LogP contribution in [0.1, 0.15) is 16.1 Å². The van der Waals surface area contributed by atoms with Crippen molar-refractivity contribution in [3.8, 4) is 17.0 Å². The molecular weight excluding hydrogens is 311 g/mol. The van der Waals surface area contributed by atoms with Crippen molar-refractivity contribution in [2.75, 3.05) is 12.8 Å². The Balaban J connectivity index is 1.81. The molecule has 0 atom stereocenters. The van der Waals surface area contributed by atoms with Crippen LogP contribution in [0, 0.1) is 12.7 Å². The van der Waals surface area contributed by atoms with Gasteiger partial charge in [0.25, 0.3) is 0 Å². The monoisotopic (exact) mass is 328 g/mol. The van der Waals surface area contributed by atoms with Crippen LogP contribution >= 0.6 is 11.3 Å². The Labute approximate surface area is 138 Å². The van der Waals surface area contributed by atoms with Gasteiger partial charge in [0, 0.05) is 17.4 Å². The van der Waals surface area contributed by atoms with E-state index in [1.54, 1.807) is 31.4 Å². The first-order chi connectivity index (χ1) is 11.1. The zero-order valence-electron chi connectivity index (χ0n) is 13.0. The highest BCUT2D eigenvalue weighted by atomic mass is 32.1. The van der Waals surface area contributed by atoms with Gasteiger partial charge in [-0.3, -0.25) is 0 Å². The zero-order chi connectivity index (χ0) is 16.4. The molecule has 3 rings (SSSR count). The minimum atomic E-state index is -0.196. The summed E-state index contributed by atoms with van der Waals surface area (Å²) in [6.45, 7) is 1.76. The molecule has 3 aromatic rings. The SMILES string of the molecule is COc1ccc(Cc2nc(-c3ccc(F)c(C)c3)cs2)cc1N. The summed E-state index contributed by atoms with van der Waals surface area (Å²) in [5, 5.41) is 2.99. The predicted molar refractivity (Wildman–Crippen MR) is 92.5 cm³/mol. The van der Waals surface area contributed by atoms with E-state index >= 15 is 0 Å². The molecule has 0 aliphatic rings. The summed E-state index contributed by atoms with van der Waals surface area (Å²) >= 11 is 1.59.